The summed E-state index contributed by atoms with van der Waals surface area (Å²) in [6.07, 6.45) is 2.78. The molecule has 0 saturated carbocycles. The van der Waals surface area contributed by atoms with Crippen molar-refractivity contribution in [1.29, 1.82) is 0 Å². The number of aromatic nitrogens is 2. The molecule has 0 spiro atoms. The minimum absolute atomic E-state index is 0.0970. The number of carbonyl (C=O) groups is 1. The molecule has 0 bridgehead atoms. The van der Waals surface area contributed by atoms with Gasteiger partial charge in [-0.2, -0.15) is 9.19 Å². The van der Waals surface area contributed by atoms with Crippen LogP contribution in [0, 0.1) is 0 Å². The lowest BCUT2D eigenvalue weighted by Gasteiger charge is -1.90. The molecule has 1 rings (SSSR count). The summed E-state index contributed by atoms with van der Waals surface area (Å²) in [4.78, 5) is 10.3. The Kier molecular flexibility index (Phi) is 2.04. The average Bonchev–Trinajstić information content (AvgIpc) is 2.33. The third kappa shape index (κ3) is 1.64. The maximum atomic E-state index is 10.7. The van der Waals surface area contributed by atoms with Gasteiger partial charge in [0.25, 0.3) is 0 Å². The van der Waals surface area contributed by atoms with Gasteiger partial charge < -0.3 is 5.11 Å². The van der Waals surface area contributed by atoms with Gasteiger partial charge in [0, 0.05) is 12.5 Å². The molecule has 0 aromatic carbocycles. The normalized spacial score (nSPS) is 12.8. The van der Waals surface area contributed by atoms with E-state index >= 15 is 0 Å². The highest BCUT2D eigenvalue weighted by atomic mass is 32.2. The number of hydrogen-bond donors (Lipinski definition) is 1. The summed E-state index contributed by atoms with van der Waals surface area (Å²) in [5.41, 5.74) is -0.0970. The summed E-state index contributed by atoms with van der Waals surface area (Å²) >= 11 is 0. The summed E-state index contributed by atoms with van der Waals surface area (Å²) in [6.45, 7) is 0. The van der Waals surface area contributed by atoms with Gasteiger partial charge in [-0.25, -0.2) is 9.00 Å². The second-order valence-corrected chi connectivity index (χ2v) is 3.05. The summed E-state index contributed by atoms with van der Waals surface area (Å²) < 4.78 is 11.8. The highest BCUT2D eigenvalue weighted by Crippen LogP contribution is 1.95. The van der Waals surface area contributed by atoms with Crippen LogP contribution in [0.5, 0.6) is 0 Å². The Bertz CT molecular complexity index is 278. The lowest BCUT2D eigenvalue weighted by molar-refractivity contribution is 0.0690. The van der Waals surface area contributed by atoms with Gasteiger partial charge in [0.1, 0.15) is 11.0 Å². The van der Waals surface area contributed by atoms with Crippen molar-refractivity contribution in [1.82, 2.24) is 9.19 Å². The van der Waals surface area contributed by atoms with Crippen LogP contribution in [-0.4, -0.2) is 30.7 Å². The van der Waals surface area contributed by atoms with E-state index in [1.54, 1.807) is 0 Å². The summed E-state index contributed by atoms with van der Waals surface area (Å²) in [7, 11) is -1.28. The van der Waals surface area contributed by atoms with Crippen LogP contribution in [0.3, 0.4) is 0 Å². The van der Waals surface area contributed by atoms with Crippen molar-refractivity contribution >= 4 is 17.0 Å². The monoisotopic (exact) mass is 174 g/mol. The molecule has 1 aromatic heterocycles. The van der Waals surface area contributed by atoms with Crippen LogP contribution in [0.2, 0.25) is 0 Å². The summed E-state index contributed by atoms with van der Waals surface area (Å²) in [5.74, 6) is -1.12. The molecule has 0 aliphatic heterocycles. The highest BCUT2D eigenvalue weighted by molar-refractivity contribution is 7.82. The number of hydrogen-bond acceptors (Lipinski definition) is 3. The van der Waals surface area contributed by atoms with Crippen LogP contribution in [0.15, 0.2) is 12.3 Å². The van der Waals surface area contributed by atoms with Crippen molar-refractivity contribution in [3.63, 3.8) is 0 Å². The topological polar surface area (TPSA) is 72.2 Å². The van der Waals surface area contributed by atoms with E-state index in [0.29, 0.717) is 0 Å². The van der Waals surface area contributed by atoms with Crippen molar-refractivity contribution in [2.75, 3.05) is 6.26 Å². The van der Waals surface area contributed by atoms with Gasteiger partial charge in [0.15, 0.2) is 5.69 Å². The number of nitrogens with zero attached hydrogens (tertiary/aromatic N) is 2. The van der Waals surface area contributed by atoms with Gasteiger partial charge >= 0.3 is 5.97 Å². The number of aromatic carboxylic acids is 1. The smallest absolute Gasteiger partial charge is 0.356 e. The van der Waals surface area contributed by atoms with E-state index in [4.69, 9.17) is 5.11 Å². The van der Waals surface area contributed by atoms with E-state index in [0.717, 1.165) is 4.09 Å². The second-order valence-electron chi connectivity index (χ2n) is 1.83. The number of rotatable bonds is 2. The van der Waals surface area contributed by atoms with Crippen LogP contribution in [0.25, 0.3) is 0 Å². The molecule has 60 valence electrons. The molecule has 1 unspecified atom stereocenters. The van der Waals surface area contributed by atoms with Gasteiger partial charge in [-0.1, -0.05) is 0 Å². The van der Waals surface area contributed by atoms with Crippen molar-refractivity contribution in [2.24, 2.45) is 0 Å². The van der Waals surface area contributed by atoms with E-state index in [1.165, 1.54) is 18.5 Å². The fourth-order valence-electron chi connectivity index (χ4n) is 0.564. The van der Waals surface area contributed by atoms with Crippen LogP contribution in [-0.2, 0) is 11.0 Å². The minimum Gasteiger partial charge on any atom is -0.476 e. The molecule has 0 aliphatic rings. The van der Waals surface area contributed by atoms with Gasteiger partial charge in [-0.15, -0.1) is 0 Å². The molecule has 5 nitrogen and oxygen atoms in total. The van der Waals surface area contributed by atoms with Crippen molar-refractivity contribution < 1.29 is 14.1 Å². The molecular formula is C5H6N2O3S. The van der Waals surface area contributed by atoms with E-state index in [1.807, 2.05) is 0 Å². The van der Waals surface area contributed by atoms with E-state index in [2.05, 4.69) is 5.10 Å². The molecule has 11 heavy (non-hydrogen) atoms. The van der Waals surface area contributed by atoms with Crippen molar-refractivity contribution in [2.45, 2.75) is 0 Å². The van der Waals surface area contributed by atoms with Crippen LogP contribution in [0.4, 0.5) is 0 Å². The Morgan fingerprint density at radius 3 is 2.73 bits per heavy atom. The predicted molar refractivity (Wildman–Crippen MR) is 38.7 cm³/mol. The fourth-order valence-corrected chi connectivity index (χ4v) is 1.000. The highest BCUT2D eigenvalue weighted by Gasteiger charge is 2.07. The molecule has 6 heteroatoms. The van der Waals surface area contributed by atoms with Gasteiger partial charge in [-0.05, 0) is 6.07 Å². The third-order valence-electron chi connectivity index (χ3n) is 1.05. The van der Waals surface area contributed by atoms with Gasteiger partial charge in [0.2, 0.25) is 0 Å². The van der Waals surface area contributed by atoms with Gasteiger partial charge in [0.05, 0.1) is 0 Å². The molecule has 1 heterocycles. The molecular weight excluding hydrogens is 168 g/mol. The Labute approximate surface area is 65.2 Å². The standard InChI is InChI=1S/C5H6N2O3S/c1-11(10)7-3-2-4(6-7)5(8)9/h2-3H,1H3,(H,8,9). The summed E-state index contributed by atoms with van der Waals surface area (Å²) in [6, 6.07) is 1.30. The Hall–Kier alpha value is -1.17. The number of carboxylic acids is 1. The Morgan fingerprint density at radius 2 is 2.45 bits per heavy atom. The molecule has 0 radical (unpaired) electrons. The van der Waals surface area contributed by atoms with Crippen LogP contribution < -0.4 is 0 Å². The zero-order chi connectivity index (χ0) is 8.43. The zero-order valence-electron chi connectivity index (χ0n) is 5.72. The van der Waals surface area contributed by atoms with Crippen LogP contribution >= 0.6 is 0 Å². The number of carboxylic acid groups (broad SMARTS) is 1. The molecule has 0 fully saturated rings. The van der Waals surface area contributed by atoms with E-state index in [-0.39, 0.29) is 5.69 Å². The molecule has 0 amide bonds. The molecule has 0 aliphatic carbocycles. The SMILES string of the molecule is CS(=O)n1ccc(C(=O)O)n1. The lowest BCUT2D eigenvalue weighted by atomic mass is 10.5. The first-order chi connectivity index (χ1) is 5.11. The largest absolute Gasteiger partial charge is 0.476 e. The van der Waals surface area contributed by atoms with Gasteiger partial charge in [-0.3, -0.25) is 0 Å². The minimum atomic E-state index is -1.28. The first-order valence-corrected chi connectivity index (χ1v) is 4.25. The molecule has 1 aromatic rings. The maximum absolute atomic E-state index is 10.7. The third-order valence-corrected chi connectivity index (χ3v) is 1.78. The van der Waals surface area contributed by atoms with Crippen LogP contribution in [0.1, 0.15) is 10.5 Å². The maximum Gasteiger partial charge on any atom is 0.356 e. The first kappa shape index (κ1) is 7.93. The molecule has 1 N–H and O–H groups in total. The quantitative estimate of drug-likeness (QED) is 0.669. The summed E-state index contributed by atoms with van der Waals surface area (Å²) in [5, 5.41) is 11.9. The molecule has 0 saturated heterocycles. The predicted octanol–water partition coefficient (Wildman–Crippen LogP) is -0.277. The average molecular weight is 174 g/mol. The van der Waals surface area contributed by atoms with E-state index < -0.39 is 17.0 Å². The van der Waals surface area contributed by atoms with Crippen molar-refractivity contribution in [3.05, 3.63) is 18.0 Å². The van der Waals surface area contributed by atoms with Crippen molar-refractivity contribution in [3.8, 4) is 0 Å². The zero-order valence-corrected chi connectivity index (χ0v) is 6.54. The first-order valence-electron chi connectivity index (χ1n) is 2.74. The molecule has 1 atom stereocenters. The lowest BCUT2D eigenvalue weighted by Crippen LogP contribution is -2.05. The Morgan fingerprint density at radius 1 is 1.82 bits per heavy atom. The fraction of sp³-hybridized carbons (Fsp3) is 0.200. The Balaban J connectivity index is 2.99. The second kappa shape index (κ2) is 2.83. The van der Waals surface area contributed by atoms with E-state index in [9.17, 15) is 9.00 Å².